The second-order valence-corrected chi connectivity index (χ2v) is 19.4. The number of hydrogen-bond acceptors (Lipinski definition) is 11. The van der Waals surface area contributed by atoms with Gasteiger partial charge in [0.1, 0.15) is 22.8 Å². The molecule has 2 aromatic heterocycles. The van der Waals surface area contributed by atoms with Crippen molar-refractivity contribution in [2.75, 3.05) is 63.1 Å². The zero-order chi connectivity index (χ0) is 45.2. The predicted octanol–water partition coefficient (Wildman–Crippen LogP) is 8.46. The SMILES string of the molecule is COC1CCN(C(=O)Nc2ccc(S(=O)(=O)NC(=O)c3ccc(N4CCN(CC5=C(c6ccc(Cl)cc6)CC(C)(C)CC5)CC4)cc3Oc3cnc4[nH]ccc4c3)cc2[N+](=O)[O-])CC1. The fraction of sp³-hybridized carbons (Fsp3) is 0.370. The molecular formula is C46H51ClN8O8S. The topological polar surface area (TPSA) is 192 Å². The summed E-state index contributed by atoms with van der Waals surface area (Å²) in [5.74, 6) is -0.602. The molecule has 336 valence electrons. The van der Waals surface area contributed by atoms with Crippen LogP contribution in [0.1, 0.15) is 61.9 Å². The van der Waals surface area contributed by atoms with E-state index >= 15 is 0 Å². The summed E-state index contributed by atoms with van der Waals surface area (Å²) in [7, 11) is -3.06. The zero-order valence-corrected chi connectivity index (χ0v) is 37.5. The van der Waals surface area contributed by atoms with Crippen molar-refractivity contribution < 1.29 is 32.4 Å². The van der Waals surface area contributed by atoms with Crippen LogP contribution in [0.15, 0.2) is 95.7 Å². The van der Waals surface area contributed by atoms with Gasteiger partial charge in [0.2, 0.25) is 0 Å². The number of pyridine rings is 1. The largest absolute Gasteiger partial charge is 0.455 e. The summed E-state index contributed by atoms with van der Waals surface area (Å²) in [5.41, 5.74) is 4.77. The molecule has 0 saturated carbocycles. The van der Waals surface area contributed by atoms with E-state index in [1.807, 2.05) is 18.2 Å². The molecule has 64 heavy (non-hydrogen) atoms. The second kappa shape index (κ2) is 18.6. The normalized spacial score (nSPS) is 17.4. The van der Waals surface area contributed by atoms with Gasteiger partial charge in [-0.15, -0.1) is 0 Å². The first kappa shape index (κ1) is 44.6. The number of nitro benzene ring substituents is 1. The quantitative estimate of drug-likeness (QED) is 0.0804. The van der Waals surface area contributed by atoms with Gasteiger partial charge >= 0.3 is 6.03 Å². The van der Waals surface area contributed by atoms with Crippen LogP contribution >= 0.6 is 11.6 Å². The van der Waals surface area contributed by atoms with Crippen LogP contribution in [-0.4, -0.2) is 104 Å². The summed E-state index contributed by atoms with van der Waals surface area (Å²) < 4.78 is 41.1. The summed E-state index contributed by atoms with van der Waals surface area (Å²) in [6.45, 7) is 9.30. The number of aromatic amines is 1. The summed E-state index contributed by atoms with van der Waals surface area (Å²) >= 11 is 6.24. The minimum Gasteiger partial charge on any atom is -0.455 e. The molecule has 18 heteroatoms. The Kier molecular flexibility index (Phi) is 13.0. The molecule has 2 aliphatic heterocycles. The van der Waals surface area contributed by atoms with Gasteiger partial charge in [0.05, 0.1) is 27.7 Å². The van der Waals surface area contributed by atoms with Crippen LogP contribution in [0.2, 0.25) is 5.02 Å². The maximum absolute atomic E-state index is 13.9. The lowest BCUT2D eigenvalue weighted by Gasteiger charge is -2.39. The minimum atomic E-state index is -4.67. The lowest BCUT2D eigenvalue weighted by Crippen LogP contribution is -2.47. The number of anilines is 2. The van der Waals surface area contributed by atoms with Crippen LogP contribution in [0.5, 0.6) is 11.5 Å². The second-order valence-electron chi connectivity index (χ2n) is 17.3. The number of sulfonamides is 1. The number of amides is 3. The molecule has 4 heterocycles. The number of nitrogens with zero attached hydrogens (tertiary/aromatic N) is 5. The Bertz CT molecular complexity index is 2710. The number of likely N-dealkylation sites (tertiary alicyclic amines) is 1. The molecule has 3 N–H and O–H groups in total. The van der Waals surface area contributed by atoms with E-state index in [2.05, 4.69) is 55.8 Å². The molecule has 3 aromatic carbocycles. The first-order valence-electron chi connectivity index (χ1n) is 21.3. The van der Waals surface area contributed by atoms with Crippen LogP contribution in [0.3, 0.4) is 0 Å². The number of fused-ring (bicyclic) bond motifs is 1. The first-order chi connectivity index (χ1) is 30.6. The van der Waals surface area contributed by atoms with E-state index in [1.165, 1.54) is 33.9 Å². The molecule has 0 bridgehead atoms. The fourth-order valence-corrected chi connectivity index (χ4v) is 9.75. The number of hydrogen-bond donors (Lipinski definition) is 3. The maximum Gasteiger partial charge on any atom is 0.322 e. The lowest BCUT2D eigenvalue weighted by molar-refractivity contribution is -0.384. The highest BCUT2D eigenvalue weighted by atomic mass is 35.5. The van der Waals surface area contributed by atoms with Gasteiger partial charge in [-0.05, 0) is 97.2 Å². The summed E-state index contributed by atoms with van der Waals surface area (Å²) in [6, 6.07) is 19.2. The van der Waals surface area contributed by atoms with Crippen LogP contribution in [-0.2, 0) is 14.8 Å². The van der Waals surface area contributed by atoms with Crippen LogP contribution in [0, 0.1) is 15.5 Å². The number of carbonyl (C=O) groups excluding carboxylic acids is 2. The van der Waals surface area contributed by atoms with E-state index in [0.29, 0.717) is 50.4 Å². The molecule has 3 amide bonds. The molecule has 16 nitrogen and oxygen atoms in total. The molecule has 1 aliphatic carbocycles. The summed E-state index contributed by atoms with van der Waals surface area (Å²) in [4.78, 5) is 51.4. The number of aromatic nitrogens is 2. The maximum atomic E-state index is 13.9. The third-order valence-corrected chi connectivity index (χ3v) is 13.9. The van der Waals surface area contributed by atoms with Gasteiger partial charge < -0.3 is 29.6 Å². The Morgan fingerprint density at radius 2 is 1.73 bits per heavy atom. The summed E-state index contributed by atoms with van der Waals surface area (Å²) in [5, 5.41) is 16.2. The number of rotatable bonds is 12. The van der Waals surface area contributed by atoms with E-state index in [-0.39, 0.29) is 28.5 Å². The number of benzene rings is 3. The average Bonchev–Trinajstić information content (AvgIpc) is 3.75. The van der Waals surface area contributed by atoms with Gasteiger partial charge in [0, 0.05) is 87.3 Å². The molecule has 0 unspecified atom stereocenters. The Morgan fingerprint density at radius 3 is 2.45 bits per heavy atom. The number of piperazine rings is 1. The van der Waals surface area contributed by atoms with Crippen molar-refractivity contribution in [3.8, 4) is 11.5 Å². The van der Waals surface area contributed by atoms with E-state index in [4.69, 9.17) is 21.1 Å². The van der Waals surface area contributed by atoms with Gasteiger partial charge in [-0.3, -0.25) is 19.8 Å². The number of allylic oxidation sites excluding steroid dienone is 1. The number of nitro groups is 1. The smallest absolute Gasteiger partial charge is 0.322 e. The highest BCUT2D eigenvalue weighted by Crippen LogP contribution is 2.43. The number of H-pyrrole nitrogens is 1. The number of nitrogens with one attached hydrogen (secondary N) is 3. The Balaban J connectivity index is 0.999. The molecule has 0 spiro atoms. The molecule has 2 saturated heterocycles. The monoisotopic (exact) mass is 910 g/mol. The fourth-order valence-electron chi connectivity index (χ4n) is 8.64. The zero-order valence-electron chi connectivity index (χ0n) is 35.9. The first-order valence-corrected chi connectivity index (χ1v) is 23.1. The Hall–Kier alpha value is -6.01. The van der Waals surface area contributed by atoms with Gasteiger partial charge in [-0.1, -0.05) is 43.2 Å². The van der Waals surface area contributed by atoms with Gasteiger partial charge in [0.15, 0.2) is 0 Å². The number of methoxy groups -OCH3 is 1. The summed E-state index contributed by atoms with van der Waals surface area (Å²) in [6.07, 6.45) is 7.64. The van der Waals surface area contributed by atoms with Crippen LogP contribution in [0.25, 0.3) is 16.6 Å². The molecular weight excluding hydrogens is 860 g/mol. The van der Waals surface area contributed by atoms with E-state index < -0.39 is 37.5 Å². The Labute approximate surface area is 376 Å². The van der Waals surface area contributed by atoms with E-state index in [0.717, 1.165) is 73.2 Å². The molecule has 0 atom stereocenters. The lowest BCUT2D eigenvalue weighted by atomic mass is 9.72. The molecule has 0 radical (unpaired) electrons. The molecule has 8 rings (SSSR count). The highest BCUT2D eigenvalue weighted by Gasteiger charge is 2.31. The average molecular weight is 911 g/mol. The third kappa shape index (κ3) is 10.2. The standard InChI is InChI=1S/C46H51ClN8O8S/c1-46(2)16-12-32(39(27-46)30-4-6-33(47)7-5-30)29-52-20-22-53(23-21-52)34-8-10-38(42(25-34)63-36-24-31-13-17-48-43(31)49-28-36)44(56)51-64(60,61)37-9-11-40(41(26-37)55(58)59)50-45(57)54-18-14-35(62-3)15-19-54/h4-11,13,17,24-26,28,35H,12,14-16,18-23,27,29H2,1-3H3,(H,48,49)(H,50,57)(H,51,56). The number of urea groups is 1. The van der Waals surface area contributed by atoms with Crippen molar-refractivity contribution in [1.82, 2.24) is 24.5 Å². The van der Waals surface area contributed by atoms with Gasteiger partial charge in [0.25, 0.3) is 21.6 Å². The number of carbonyl (C=O) groups is 2. The van der Waals surface area contributed by atoms with Crippen molar-refractivity contribution in [3.05, 3.63) is 117 Å². The molecule has 2 fully saturated rings. The predicted molar refractivity (Wildman–Crippen MR) is 246 cm³/mol. The highest BCUT2D eigenvalue weighted by molar-refractivity contribution is 7.90. The van der Waals surface area contributed by atoms with Crippen molar-refractivity contribution >= 4 is 67.2 Å². The third-order valence-electron chi connectivity index (χ3n) is 12.4. The molecule has 3 aliphatic rings. The minimum absolute atomic E-state index is 0.0185. The molecule has 5 aromatic rings. The van der Waals surface area contributed by atoms with E-state index in [1.54, 1.807) is 31.5 Å². The van der Waals surface area contributed by atoms with E-state index in [9.17, 15) is 28.1 Å². The van der Waals surface area contributed by atoms with Gasteiger partial charge in [-0.25, -0.2) is 22.9 Å². The van der Waals surface area contributed by atoms with Crippen molar-refractivity contribution in [2.24, 2.45) is 5.41 Å². The number of piperidine rings is 1. The van der Waals surface area contributed by atoms with Crippen molar-refractivity contribution in [1.29, 1.82) is 0 Å². The van der Waals surface area contributed by atoms with Gasteiger partial charge in [-0.2, -0.15) is 0 Å². The van der Waals surface area contributed by atoms with Crippen molar-refractivity contribution in [2.45, 2.75) is 57.0 Å². The van der Waals surface area contributed by atoms with Crippen molar-refractivity contribution in [3.63, 3.8) is 0 Å². The van der Waals surface area contributed by atoms with Crippen LogP contribution in [0.4, 0.5) is 21.9 Å². The van der Waals surface area contributed by atoms with Crippen LogP contribution < -0.4 is 19.7 Å². The number of halogens is 1. The Morgan fingerprint density at radius 1 is 0.984 bits per heavy atom. The number of ether oxygens (including phenoxy) is 2.